The molecule has 19 heavy (non-hydrogen) atoms. The van der Waals surface area contributed by atoms with Crippen molar-refractivity contribution in [3.63, 3.8) is 0 Å². The van der Waals surface area contributed by atoms with Crippen LogP contribution in [0.15, 0.2) is 29.6 Å². The van der Waals surface area contributed by atoms with Gasteiger partial charge in [0.15, 0.2) is 0 Å². The Morgan fingerprint density at radius 2 is 1.79 bits per heavy atom. The second kappa shape index (κ2) is 6.08. The van der Waals surface area contributed by atoms with Crippen LogP contribution < -0.4 is 0 Å². The van der Waals surface area contributed by atoms with E-state index in [4.69, 9.17) is 11.6 Å². The fourth-order valence-electron chi connectivity index (χ4n) is 2.03. The zero-order valence-corrected chi connectivity index (χ0v) is 13.1. The first kappa shape index (κ1) is 14.6. The number of halogens is 1. The molecule has 1 aromatic carbocycles. The van der Waals surface area contributed by atoms with E-state index < -0.39 is 6.10 Å². The van der Waals surface area contributed by atoms with E-state index in [1.807, 2.05) is 24.4 Å². The summed E-state index contributed by atoms with van der Waals surface area (Å²) < 4.78 is 0. The maximum Gasteiger partial charge on any atom is 0.115 e. The Balaban J connectivity index is 2.25. The van der Waals surface area contributed by atoms with Gasteiger partial charge >= 0.3 is 0 Å². The second-order valence-corrected chi connectivity index (χ2v) is 6.26. The molecule has 0 bridgehead atoms. The normalized spacial score (nSPS) is 14.4. The Labute approximate surface area is 123 Å². The molecule has 2 unspecified atom stereocenters. The smallest absolute Gasteiger partial charge is 0.115 e. The van der Waals surface area contributed by atoms with Crippen LogP contribution in [0.25, 0.3) is 0 Å². The molecular formula is C16H19ClOS. The number of aliphatic hydroxyl groups is 1. The zero-order valence-electron chi connectivity index (χ0n) is 11.5. The topological polar surface area (TPSA) is 20.2 Å². The summed E-state index contributed by atoms with van der Waals surface area (Å²) >= 11 is 7.72. The fourth-order valence-corrected chi connectivity index (χ4v) is 3.34. The highest BCUT2D eigenvalue weighted by Gasteiger charge is 2.17. The van der Waals surface area contributed by atoms with Crippen molar-refractivity contribution in [1.29, 1.82) is 0 Å². The van der Waals surface area contributed by atoms with E-state index in [0.717, 1.165) is 22.4 Å². The largest absolute Gasteiger partial charge is 0.383 e. The van der Waals surface area contributed by atoms with Crippen LogP contribution in [0.5, 0.6) is 0 Å². The fraction of sp³-hybridized carbons (Fsp3) is 0.375. The van der Waals surface area contributed by atoms with Gasteiger partial charge in [-0.3, -0.25) is 0 Å². The van der Waals surface area contributed by atoms with Crippen LogP contribution in [0, 0.1) is 6.92 Å². The monoisotopic (exact) mass is 294 g/mol. The quantitative estimate of drug-likeness (QED) is 0.810. The first-order valence-electron chi connectivity index (χ1n) is 6.56. The maximum absolute atomic E-state index is 10.4. The van der Waals surface area contributed by atoms with Gasteiger partial charge in [0, 0.05) is 0 Å². The summed E-state index contributed by atoms with van der Waals surface area (Å²) in [6.45, 7) is 6.35. The summed E-state index contributed by atoms with van der Waals surface area (Å²) in [6.07, 6.45) is 0.495. The minimum absolute atomic E-state index is 0.554. The summed E-state index contributed by atoms with van der Waals surface area (Å²) in [4.78, 5) is 0.829. The molecule has 1 N–H and O–H groups in total. The van der Waals surface area contributed by atoms with Crippen LogP contribution in [-0.2, 0) is 0 Å². The average Bonchev–Trinajstić information content (AvgIpc) is 2.77. The van der Waals surface area contributed by atoms with Crippen molar-refractivity contribution >= 4 is 22.9 Å². The summed E-state index contributed by atoms with van der Waals surface area (Å²) in [5.74, 6) is 0.554. The van der Waals surface area contributed by atoms with Gasteiger partial charge in [-0.25, -0.2) is 0 Å². The Morgan fingerprint density at radius 1 is 1.21 bits per heavy atom. The highest BCUT2D eigenvalue weighted by molar-refractivity contribution is 7.10. The summed E-state index contributed by atoms with van der Waals surface area (Å²) in [5, 5.41) is 13.1. The lowest BCUT2D eigenvalue weighted by molar-refractivity contribution is 0.224. The van der Waals surface area contributed by atoms with Gasteiger partial charge in [0.1, 0.15) is 6.10 Å². The molecule has 0 amide bonds. The van der Waals surface area contributed by atoms with Gasteiger partial charge in [-0.15, -0.1) is 11.3 Å². The number of aryl methyl sites for hydroxylation is 1. The number of thiophene rings is 1. The van der Waals surface area contributed by atoms with Gasteiger partial charge in [0.25, 0.3) is 0 Å². The van der Waals surface area contributed by atoms with Gasteiger partial charge in [0.2, 0.25) is 0 Å². The molecular weight excluding hydrogens is 276 g/mol. The Hall–Kier alpha value is -0.830. The van der Waals surface area contributed by atoms with Crippen molar-refractivity contribution in [2.24, 2.45) is 0 Å². The van der Waals surface area contributed by atoms with Crippen molar-refractivity contribution in [3.05, 3.63) is 56.2 Å². The van der Waals surface area contributed by atoms with Crippen molar-refractivity contribution < 1.29 is 5.11 Å². The van der Waals surface area contributed by atoms with Crippen LogP contribution >= 0.6 is 22.9 Å². The van der Waals surface area contributed by atoms with Crippen LogP contribution in [0.2, 0.25) is 5.02 Å². The molecule has 1 nitrogen and oxygen atoms in total. The second-order valence-electron chi connectivity index (χ2n) is 4.98. The lowest BCUT2D eigenvalue weighted by Gasteiger charge is -2.13. The van der Waals surface area contributed by atoms with Crippen molar-refractivity contribution in [2.45, 2.75) is 39.2 Å². The highest BCUT2D eigenvalue weighted by Crippen LogP contribution is 2.35. The standard InChI is InChI=1S/C16H19ClOS/c1-4-10(2)12-5-7-13(8-6-12)15(18)16-14(17)11(3)9-19-16/h5-10,15,18H,4H2,1-3H3. The molecule has 0 aliphatic carbocycles. The summed E-state index contributed by atoms with van der Waals surface area (Å²) in [6, 6.07) is 8.19. The maximum atomic E-state index is 10.4. The number of rotatable bonds is 4. The Bertz CT molecular complexity index is 544. The predicted molar refractivity (Wildman–Crippen MR) is 83.3 cm³/mol. The molecule has 0 aliphatic heterocycles. The first-order chi connectivity index (χ1) is 9.04. The zero-order chi connectivity index (χ0) is 14.0. The van der Waals surface area contributed by atoms with Crippen molar-refractivity contribution in [1.82, 2.24) is 0 Å². The lowest BCUT2D eigenvalue weighted by Crippen LogP contribution is -1.99. The minimum Gasteiger partial charge on any atom is -0.383 e. The van der Waals surface area contributed by atoms with E-state index in [0.29, 0.717) is 10.9 Å². The number of aliphatic hydroxyl groups excluding tert-OH is 1. The molecule has 0 fully saturated rings. The molecule has 2 rings (SSSR count). The highest BCUT2D eigenvalue weighted by atomic mass is 35.5. The third kappa shape index (κ3) is 3.02. The van der Waals surface area contributed by atoms with E-state index in [1.165, 1.54) is 16.9 Å². The van der Waals surface area contributed by atoms with E-state index in [2.05, 4.69) is 26.0 Å². The van der Waals surface area contributed by atoms with Crippen molar-refractivity contribution in [2.75, 3.05) is 0 Å². The summed E-state index contributed by atoms with van der Waals surface area (Å²) in [5.41, 5.74) is 3.24. The SMILES string of the molecule is CCC(C)c1ccc(C(O)c2scc(C)c2Cl)cc1. The molecule has 0 radical (unpaired) electrons. The molecule has 2 atom stereocenters. The number of hydrogen-bond donors (Lipinski definition) is 1. The Kier molecular flexibility index (Phi) is 4.67. The van der Waals surface area contributed by atoms with Crippen molar-refractivity contribution in [3.8, 4) is 0 Å². The van der Waals surface area contributed by atoms with E-state index >= 15 is 0 Å². The van der Waals surface area contributed by atoms with Gasteiger partial charge < -0.3 is 5.11 Å². The van der Waals surface area contributed by atoms with E-state index in [9.17, 15) is 5.11 Å². The number of hydrogen-bond acceptors (Lipinski definition) is 2. The molecule has 0 saturated carbocycles. The third-order valence-electron chi connectivity index (χ3n) is 3.61. The van der Waals surface area contributed by atoms with Gasteiger partial charge in [0.05, 0.1) is 9.90 Å². The van der Waals surface area contributed by atoms with Gasteiger partial charge in [-0.2, -0.15) is 0 Å². The molecule has 2 aromatic rings. The molecule has 3 heteroatoms. The van der Waals surface area contributed by atoms with E-state index in [-0.39, 0.29) is 0 Å². The van der Waals surface area contributed by atoms with E-state index in [1.54, 1.807) is 0 Å². The minimum atomic E-state index is -0.628. The molecule has 1 heterocycles. The molecule has 0 spiro atoms. The average molecular weight is 295 g/mol. The van der Waals surface area contributed by atoms with Gasteiger partial charge in [-0.05, 0) is 41.3 Å². The number of benzene rings is 1. The van der Waals surface area contributed by atoms with Crippen LogP contribution in [-0.4, -0.2) is 5.11 Å². The van der Waals surface area contributed by atoms with Gasteiger partial charge in [-0.1, -0.05) is 49.7 Å². The van der Waals surface area contributed by atoms with Crippen LogP contribution in [0.3, 0.4) is 0 Å². The third-order valence-corrected chi connectivity index (χ3v) is 5.37. The summed E-state index contributed by atoms with van der Waals surface area (Å²) in [7, 11) is 0. The Morgan fingerprint density at radius 3 is 2.26 bits per heavy atom. The van der Waals surface area contributed by atoms with Crippen LogP contribution in [0.4, 0.5) is 0 Å². The first-order valence-corrected chi connectivity index (χ1v) is 7.81. The molecule has 102 valence electrons. The molecule has 1 aromatic heterocycles. The lowest BCUT2D eigenvalue weighted by atomic mass is 9.96. The molecule has 0 aliphatic rings. The molecule has 0 saturated heterocycles. The van der Waals surface area contributed by atoms with Crippen LogP contribution in [0.1, 0.15) is 53.9 Å². The predicted octanol–water partition coefficient (Wildman–Crippen LogP) is 5.31.